The molecule has 1 N–H and O–H groups in total. The molecule has 0 atom stereocenters. The van der Waals surface area contributed by atoms with Crippen molar-refractivity contribution < 1.29 is 14.3 Å². The largest absolute Gasteiger partial charge is 0.493 e. The number of hydrogen-bond acceptors (Lipinski definition) is 7. The molecule has 0 aliphatic heterocycles. The molecular weight excluding hydrogens is 444 g/mol. The average Bonchev–Trinajstić information content (AvgIpc) is 3.32. The van der Waals surface area contributed by atoms with Crippen molar-refractivity contribution in [3.63, 3.8) is 0 Å². The van der Waals surface area contributed by atoms with Crippen LogP contribution in [0.2, 0.25) is 0 Å². The highest BCUT2D eigenvalue weighted by molar-refractivity contribution is 5.92. The highest BCUT2D eigenvalue weighted by Crippen LogP contribution is 2.28. The first-order valence-electron chi connectivity index (χ1n) is 10.9. The van der Waals surface area contributed by atoms with Gasteiger partial charge in [0.2, 0.25) is 0 Å². The molecule has 0 aliphatic carbocycles. The first kappa shape index (κ1) is 22.0. The Morgan fingerprint density at radius 3 is 2.63 bits per heavy atom. The van der Waals surface area contributed by atoms with Gasteiger partial charge in [-0.1, -0.05) is 18.2 Å². The second-order valence-electron chi connectivity index (χ2n) is 7.82. The van der Waals surface area contributed by atoms with Crippen molar-refractivity contribution in [1.82, 2.24) is 24.8 Å². The van der Waals surface area contributed by atoms with Crippen molar-refractivity contribution in [2.24, 2.45) is 0 Å². The van der Waals surface area contributed by atoms with Crippen molar-refractivity contribution in [3.8, 4) is 34.1 Å². The van der Waals surface area contributed by atoms with Crippen LogP contribution in [0.15, 0.2) is 79.1 Å². The summed E-state index contributed by atoms with van der Waals surface area (Å²) in [5, 5.41) is 16.1. The van der Waals surface area contributed by atoms with Crippen LogP contribution in [0.25, 0.3) is 28.3 Å². The zero-order valence-corrected chi connectivity index (χ0v) is 19.2. The highest BCUT2D eigenvalue weighted by Gasteiger charge is 2.12. The van der Waals surface area contributed by atoms with E-state index in [2.05, 4.69) is 20.5 Å². The van der Waals surface area contributed by atoms with Crippen LogP contribution in [-0.4, -0.2) is 44.4 Å². The number of amides is 1. The standard InChI is InChI=1S/C26H22N6O3/c1-17-6-8-22(23(14-17)34-2)35-16-25(33)28-20-5-3-4-19(15-20)21-7-9-24-29-30-26(32(24)31-21)18-10-12-27-13-11-18/h3-15H,16H2,1-2H3,(H,28,33). The number of methoxy groups -OCH3 is 1. The predicted molar refractivity (Wildman–Crippen MR) is 131 cm³/mol. The minimum atomic E-state index is -0.285. The quantitative estimate of drug-likeness (QED) is 0.384. The SMILES string of the molecule is COc1cc(C)ccc1OCC(=O)Nc1cccc(-c2ccc3nnc(-c4ccncc4)n3n2)c1. The maximum Gasteiger partial charge on any atom is 0.262 e. The fraction of sp³-hybridized carbons (Fsp3) is 0.115. The molecule has 0 fully saturated rings. The van der Waals surface area contributed by atoms with Gasteiger partial charge < -0.3 is 14.8 Å². The number of aromatic nitrogens is 5. The Bertz CT molecular complexity index is 1500. The lowest BCUT2D eigenvalue weighted by molar-refractivity contribution is -0.118. The van der Waals surface area contributed by atoms with Gasteiger partial charge in [-0.3, -0.25) is 9.78 Å². The van der Waals surface area contributed by atoms with E-state index in [1.807, 2.05) is 67.6 Å². The molecule has 5 rings (SSSR count). The molecule has 0 bridgehead atoms. The van der Waals surface area contributed by atoms with Gasteiger partial charge in [-0.05, 0) is 61.0 Å². The van der Waals surface area contributed by atoms with Gasteiger partial charge in [-0.15, -0.1) is 10.2 Å². The van der Waals surface area contributed by atoms with Crippen LogP contribution >= 0.6 is 0 Å². The summed E-state index contributed by atoms with van der Waals surface area (Å²) in [7, 11) is 1.57. The second-order valence-corrected chi connectivity index (χ2v) is 7.82. The number of benzene rings is 2. The maximum atomic E-state index is 12.5. The van der Waals surface area contributed by atoms with Crippen LogP contribution < -0.4 is 14.8 Å². The highest BCUT2D eigenvalue weighted by atomic mass is 16.5. The average molecular weight is 467 g/mol. The summed E-state index contributed by atoms with van der Waals surface area (Å²) >= 11 is 0. The van der Waals surface area contributed by atoms with Crippen molar-refractivity contribution >= 4 is 17.2 Å². The minimum absolute atomic E-state index is 0.149. The van der Waals surface area contributed by atoms with E-state index < -0.39 is 0 Å². The molecule has 35 heavy (non-hydrogen) atoms. The first-order valence-corrected chi connectivity index (χ1v) is 10.9. The molecule has 0 unspecified atom stereocenters. The Balaban J connectivity index is 1.33. The predicted octanol–water partition coefficient (Wildman–Crippen LogP) is 4.19. The van der Waals surface area contributed by atoms with Crippen LogP contribution in [0.4, 0.5) is 5.69 Å². The number of carbonyl (C=O) groups excluding carboxylic acids is 1. The number of nitrogens with one attached hydrogen (secondary N) is 1. The Kier molecular flexibility index (Phi) is 6.04. The van der Waals surface area contributed by atoms with Crippen molar-refractivity contribution in [1.29, 1.82) is 0 Å². The van der Waals surface area contributed by atoms with E-state index in [9.17, 15) is 4.79 Å². The van der Waals surface area contributed by atoms with E-state index in [1.165, 1.54) is 0 Å². The molecule has 3 heterocycles. The van der Waals surface area contributed by atoms with Crippen molar-refractivity contribution in [3.05, 3.63) is 84.7 Å². The Hall–Kier alpha value is -4.79. The number of pyridine rings is 1. The van der Waals surface area contributed by atoms with E-state index in [0.29, 0.717) is 34.4 Å². The molecule has 9 nitrogen and oxygen atoms in total. The van der Waals surface area contributed by atoms with Gasteiger partial charge in [0.05, 0.1) is 12.8 Å². The summed E-state index contributed by atoms with van der Waals surface area (Å²) < 4.78 is 12.7. The number of aryl methyl sites for hydroxylation is 1. The summed E-state index contributed by atoms with van der Waals surface area (Å²) in [6.45, 7) is 1.81. The lowest BCUT2D eigenvalue weighted by atomic mass is 10.1. The molecule has 0 saturated heterocycles. The Labute approximate surface area is 201 Å². The molecule has 0 radical (unpaired) electrons. The molecular formula is C26H22N6O3. The van der Waals surface area contributed by atoms with E-state index in [1.54, 1.807) is 30.1 Å². The lowest BCUT2D eigenvalue weighted by Crippen LogP contribution is -2.20. The third-order valence-electron chi connectivity index (χ3n) is 5.32. The van der Waals surface area contributed by atoms with E-state index in [-0.39, 0.29) is 12.5 Å². The summed E-state index contributed by atoms with van der Waals surface area (Å²) in [4.78, 5) is 16.6. The van der Waals surface area contributed by atoms with Crippen LogP contribution in [0, 0.1) is 6.92 Å². The number of hydrogen-bond donors (Lipinski definition) is 1. The topological polar surface area (TPSA) is 104 Å². The Morgan fingerprint density at radius 1 is 0.943 bits per heavy atom. The molecule has 9 heteroatoms. The Morgan fingerprint density at radius 2 is 1.80 bits per heavy atom. The summed E-state index contributed by atoms with van der Waals surface area (Å²) in [5.74, 6) is 1.43. The second kappa shape index (κ2) is 9.60. The lowest BCUT2D eigenvalue weighted by Gasteiger charge is -2.12. The zero-order chi connectivity index (χ0) is 24.2. The molecule has 5 aromatic rings. The van der Waals surface area contributed by atoms with Gasteiger partial charge in [-0.25, -0.2) is 0 Å². The monoisotopic (exact) mass is 466 g/mol. The van der Waals surface area contributed by atoms with Crippen molar-refractivity contribution in [2.45, 2.75) is 6.92 Å². The first-order chi connectivity index (χ1) is 17.1. The number of rotatable bonds is 7. The fourth-order valence-electron chi connectivity index (χ4n) is 3.61. The van der Waals surface area contributed by atoms with E-state index in [0.717, 1.165) is 16.7 Å². The number of carbonyl (C=O) groups is 1. The molecule has 0 aliphatic rings. The van der Waals surface area contributed by atoms with E-state index >= 15 is 0 Å². The zero-order valence-electron chi connectivity index (χ0n) is 19.2. The van der Waals surface area contributed by atoms with Crippen molar-refractivity contribution in [2.75, 3.05) is 19.0 Å². The molecule has 0 saturated carbocycles. The number of fused-ring (bicyclic) bond motifs is 1. The fourth-order valence-corrected chi connectivity index (χ4v) is 3.61. The van der Waals surface area contributed by atoms with Gasteiger partial charge in [0.15, 0.2) is 29.6 Å². The number of ether oxygens (including phenoxy) is 2. The summed E-state index contributed by atoms with van der Waals surface area (Å²) in [6, 6.07) is 20.4. The minimum Gasteiger partial charge on any atom is -0.493 e. The maximum absolute atomic E-state index is 12.5. The third-order valence-corrected chi connectivity index (χ3v) is 5.32. The van der Waals surface area contributed by atoms with Crippen LogP contribution in [0.3, 0.4) is 0 Å². The molecule has 174 valence electrons. The van der Waals surface area contributed by atoms with Crippen LogP contribution in [-0.2, 0) is 4.79 Å². The van der Waals surface area contributed by atoms with Gasteiger partial charge >= 0.3 is 0 Å². The van der Waals surface area contributed by atoms with Crippen LogP contribution in [0.5, 0.6) is 11.5 Å². The molecule has 1 amide bonds. The molecule has 0 spiro atoms. The number of anilines is 1. The number of nitrogens with zero attached hydrogens (tertiary/aromatic N) is 5. The molecule has 2 aromatic carbocycles. The summed E-state index contributed by atoms with van der Waals surface area (Å²) in [6.07, 6.45) is 3.40. The van der Waals surface area contributed by atoms with Gasteiger partial charge in [-0.2, -0.15) is 9.61 Å². The van der Waals surface area contributed by atoms with Gasteiger partial charge in [0, 0.05) is 29.2 Å². The van der Waals surface area contributed by atoms with Gasteiger partial charge in [0.1, 0.15) is 0 Å². The normalized spacial score (nSPS) is 10.8. The van der Waals surface area contributed by atoms with E-state index in [4.69, 9.17) is 14.6 Å². The smallest absolute Gasteiger partial charge is 0.262 e. The molecule has 3 aromatic heterocycles. The third kappa shape index (κ3) is 4.79. The summed E-state index contributed by atoms with van der Waals surface area (Å²) in [5.41, 5.74) is 4.72. The van der Waals surface area contributed by atoms with Crippen LogP contribution in [0.1, 0.15) is 5.56 Å². The van der Waals surface area contributed by atoms with Gasteiger partial charge in [0.25, 0.3) is 5.91 Å².